The highest BCUT2D eigenvalue weighted by molar-refractivity contribution is 6.23. The van der Waals surface area contributed by atoms with Crippen molar-refractivity contribution in [3.05, 3.63) is 29.3 Å². The lowest BCUT2D eigenvalue weighted by atomic mass is 10.0. The summed E-state index contributed by atoms with van der Waals surface area (Å²) in [5.74, 6) is -2.18. The number of amides is 4. The van der Waals surface area contributed by atoms with Crippen molar-refractivity contribution in [3.63, 3.8) is 0 Å². The van der Waals surface area contributed by atoms with Gasteiger partial charge in [0.2, 0.25) is 11.8 Å². The molecule has 0 aliphatic carbocycles. The minimum atomic E-state index is -0.978. The maximum atomic E-state index is 12.5. The Bertz CT molecular complexity index is 728. The average molecular weight is 317 g/mol. The third-order valence-electron chi connectivity index (χ3n) is 3.82. The number of anilines is 1. The van der Waals surface area contributed by atoms with Gasteiger partial charge < -0.3 is 10.4 Å². The summed E-state index contributed by atoms with van der Waals surface area (Å²) < 4.78 is 0. The fourth-order valence-electron chi connectivity index (χ4n) is 2.80. The minimum absolute atomic E-state index is 0.0820. The van der Waals surface area contributed by atoms with E-state index in [1.165, 1.54) is 19.1 Å². The number of imide groups is 2. The molecular formula is C15H15N3O5. The predicted molar refractivity (Wildman–Crippen MR) is 78.4 cm³/mol. The van der Waals surface area contributed by atoms with Crippen LogP contribution in [0.4, 0.5) is 5.69 Å². The topological polar surface area (TPSA) is 116 Å². The van der Waals surface area contributed by atoms with Crippen LogP contribution in [0.5, 0.6) is 0 Å². The van der Waals surface area contributed by atoms with E-state index >= 15 is 0 Å². The molecule has 120 valence electrons. The van der Waals surface area contributed by atoms with E-state index in [4.69, 9.17) is 0 Å². The Labute approximate surface area is 131 Å². The number of carbonyl (C=O) groups is 4. The molecule has 1 saturated heterocycles. The Kier molecular flexibility index (Phi) is 3.61. The number of hydrogen-bond acceptors (Lipinski definition) is 6. The van der Waals surface area contributed by atoms with Crippen molar-refractivity contribution in [1.82, 2.24) is 10.2 Å². The van der Waals surface area contributed by atoms with Crippen molar-refractivity contribution in [3.8, 4) is 0 Å². The van der Waals surface area contributed by atoms with Gasteiger partial charge >= 0.3 is 0 Å². The van der Waals surface area contributed by atoms with E-state index in [1.54, 1.807) is 6.07 Å². The molecule has 0 bridgehead atoms. The zero-order chi connectivity index (χ0) is 16.7. The molecule has 8 nitrogen and oxygen atoms in total. The van der Waals surface area contributed by atoms with Crippen molar-refractivity contribution in [2.24, 2.45) is 0 Å². The van der Waals surface area contributed by atoms with Crippen molar-refractivity contribution in [1.29, 1.82) is 0 Å². The summed E-state index contributed by atoms with van der Waals surface area (Å²) in [7, 11) is 0. The first-order valence-corrected chi connectivity index (χ1v) is 7.18. The van der Waals surface area contributed by atoms with Crippen LogP contribution < -0.4 is 10.6 Å². The fourth-order valence-corrected chi connectivity index (χ4v) is 2.80. The summed E-state index contributed by atoms with van der Waals surface area (Å²) in [6.45, 7) is 1.52. The van der Waals surface area contributed by atoms with Crippen LogP contribution in [0.3, 0.4) is 0 Å². The average Bonchev–Trinajstić information content (AvgIpc) is 2.71. The molecule has 2 aliphatic heterocycles. The number of benzene rings is 1. The monoisotopic (exact) mass is 317 g/mol. The molecule has 0 saturated carbocycles. The van der Waals surface area contributed by atoms with Gasteiger partial charge in [-0.1, -0.05) is 0 Å². The second kappa shape index (κ2) is 5.47. The van der Waals surface area contributed by atoms with Gasteiger partial charge in [0.15, 0.2) is 0 Å². The second-order valence-electron chi connectivity index (χ2n) is 5.53. The lowest BCUT2D eigenvalue weighted by molar-refractivity contribution is -0.136. The highest BCUT2D eigenvalue weighted by Gasteiger charge is 2.44. The van der Waals surface area contributed by atoms with Crippen LogP contribution in [-0.2, 0) is 9.59 Å². The van der Waals surface area contributed by atoms with E-state index in [0.717, 1.165) is 4.90 Å². The Hall–Kier alpha value is -2.74. The first-order valence-electron chi connectivity index (χ1n) is 7.18. The van der Waals surface area contributed by atoms with Crippen LogP contribution in [-0.4, -0.2) is 45.9 Å². The van der Waals surface area contributed by atoms with Crippen molar-refractivity contribution in [2.45, 2.75) is 32.0 Å². The molecule has 2 aliphatic rings. The summed E-state index contributed by atoms with van der Waals surface area (Å²) in [5, 5.41) is 14.2. The molecule has 2 unspecified atom stereocenters. The maximum absolute atomic E-state index is 12.5. The first kappa shape index (κ1) is 15.2. The predicted octanol–water partition coefficient (Wildman–Crippen LogP) is -0.162. The van der Waals surface area contributed by atoms with Gasteiger partial charge in [0.1, 0.15) is 12.3 Å². The van der Waals surface area contributed by atoms with Gasteiger partial charge in [-0.3, -0.25) is 29.4 Å². The summed E-state index contributed by atoms with van der Waals surface area (Å²) in [4.78, 5) is 49.0. The third kappa shape index (κ3) is 2.57. The number of piperidine rings is 1. The van der Waals surface area contributed by atoms with Crippen LogP contribution in [0.25, 0.3) is 0 Å². The summed E-state index contributed by atoms with van der Waals surface area (Å²) >= 11 is 0. The summed E-state index contributed by atoms with van der Waals surface area (Å²) in [6.07, 6.45) is -0.611. The molecule has 0 radical (unpaired) electrons. The second-order valence-corrected chi connectivity index (χ2v) is 5.53. The largest absolute Gasteiger partial charge is 0.374 e. The Morgan fingerprint density at radius 2 is 1.91 bits per heavy atom. The van der Waals surface area contributed by atoms with Crippen LogP contribution >= 0.6 is 0 Å². The van der Waals surface area contributed by atoms with Gasteiger partial charge in [-0.15, -0.1) is 0 Å². The quantitative estimate of drug-likeness (QED) is 0.527. The van der Waals surface area contributed by atoms with Crippen molar-refractivity contribution in [2.75, 3.05) is 5.32 Å². The van der Waals surface area contributed by atoms with E-state index in [0.29, 0.717) is 5.69 Å². The molecule has 0 spiro atoms. The lowest BCUT2D eigenvalue weighted by Crippen LogP contribution is -2.54. The number of rotatable bonds is 3. The van der Waals surface area contributed by atoms with E-state index in [9.17, 15) is 24.3 Å². The van der Waals surface area contributed by atoms with E-state index in [1.807, 2.05) is 0 Å². The number of aliphatic hydroxyl groups excluding tert-OH is 1. The number of fused-ring (bicyclic) bond motifs is 1. The standard InChI is InChI=1S/C15H15N3O5/c1-7(19)16-8-2-3-9-10(6-8)15(23)18(14(9)22)11-4-5-12(20)17-13(11)21/h2-3,6-7,11,16,19H,4-5H2,1H3,(H,17,20,21). The third-order valence-corrected chi connectivity index (χ3v) is 3.82. The number of hydrogen-bond donors (Lipinski definition) is 3. The molecule has 2 atom stereocenters. The molecule has 23 heavy (non-hydrogen) atoms. The molecule has 3 rings (SSSR count). The normalized spacial score (nSPS) is 22.0. The fraction of sp³-hybridized carbons (Fsp3) is 0.333. The molecule has 1 aromatic rings. The smallest absolute Gasteiger partial charge is 0.262 e. The van der Waals surface area contributed by atoms with Gasteiger partial charge in [-0.05, 0) is 31.5 Å². The van der Waals surface area contributed by atoms with Crippen LogP contribution in [0.2, 0.25) is 0 Å². The van der Waals surface area contributed by atoms with Crippen LogP contribution in [0.1, 0.15) is 40.5 Å². The Morgan fingerprint density at radius 1 is 1.22 bits per heavy atom. The van der Waals surface area contributed by atoms with Gasteiger partial charge in [0.05, 0.1) is 11.1 Å². The number of nitrogens with zero attached hydrogens (tertiary/aromatic N) is 1. The molecule has 0 aromatic heterocycles. The van der Waals surface area contributed by atoms with Gasteiger partial charge in [0, 0.05) is 12.1 Å². The van der Waals surface area contributed by atoms with Gasteiger partial charge in [-0.25, -0.2) is 0 Å². The number of aliphatic hydroxyl groups is 1. The molecule has 1 fully saturated rings. The first-order chi connectivity index (χ1) is 10.9. The molecule has 2 heterocycles. The summed E-state index contributed by atoms with van der Waals surface area (Å²) in [6, 6.07) is 3.54. The van der Waals surface area contributed by atoms with Crippen molar-refractivity contribution >= 4 is 29.3 Å². The number of carbonyl (C=O) groups excluding carboxylic acids is 4. The van der Waals surface area contributed by atoms with E-state index in [-0.39, 0.29) is 24.0 Å². The highest BCUT2D eigenvalue weighted by atomic mass is 16.3. The SMILES string of the molecule is CC(O)Nc1ccc2c(c1)C(=O)N(C1CCC(=O)NC1=O)C2=O. The Balaban J connectivity index is 1.91. The summed E-state index contributed by atoms with van der Waals surface area (Å²) in [5.41, 5.74) is 0.867. The maximum Gasteiger partial charge on any atom is 0.262 e. The van der Waals surface area contributed by atoms with Gasteiger partial charge in [-0.2, -0.15) is 0 Å². The van der Waals surface area contributed by atoms with Crippen LogP contribution in [0, 0.1) is 0 Å². The lowest BCUT2D eigenvalue weighted by Gasteiger charge is -2.27. The zero-order valence-corrected chi connectivity index (χ0v) is 12.3. The van der Waals surface area contributed by atoms with E-state index < -0.39 is 35.9 Å². The minimum Gasteiger partial charge on any atom is -0.374 e. The van der Waals surface area contributed by atoms with E-state index in [2.05, 4.69) is 10.6 Å². The van der Waals surface area contributed by atoms with Gasteiger partial charge in [0.25, 0.3) is 11.8 Å². The molecule has 1 aromatic carbocycles. The van der Waals surface area contributed by atoms with Crippen LogP contribution in [0.15, 0.2) is 18.2 Å². The highest BCUT2D eigenvalue weighted by Crippen LogP contribution is 2.29. The molecule has 4 amide bonds. The Morgan fingerprint density at radius 3 is 2.57 bits per heavy atom. The zero-order valence-electron chi connectivity index (χ0n) is 12.3. The molecule has 3 N–H and O–H groups in total. The molecule has 8 heteroatoms. The number of nitrogens with one attached hydrogen (secondary N) is 2. The molecular weight excluding hydrogens is 302 g/mol. The van der Waals surface area contributed by atoms with Crippen molar-refractivity contribution < 1.29 is 24.3 Å².